The van der Waals surface area contributed by atoms with Crippen molar-refractivity contribution in [1.82, 2.24) is 10.7 Å². The molecule has 28 heavy (non-hydrogen) atoms. The van der Waals surface area contributed by atoms with Crippen molar-refractivity contribution in [2.24, 2.45) is 5.10 Å². The number of hydrogen-bond donors (Lipinski definition) is 2. The van der Waals surface area contributed by atoms with Gasteiger partial charge in [0.15, 0.2) is 11.5 Å². The van der Waals surface area contributed by atoms with Crippen molar-refractivity contribution in [3.63, 3.8) is 0 Å². The number of nitrogens with one attached hydrogen (secondary N) is 2. The minimum atomic E-state index is -0.868. The maximum absolute atomic E-state index is 11.8. The minimum Gasteiger partial charge on any atom is -0.491 e. The van der Waals surface area contributed by atoms with Gasteiger partial charge < -0.3 is 14.8 Å². The van der Waals surface area contributed by atoms with E-state index >= 15 is 0 Å². The number of carbonyl (C=O) groups is 2. The van der Waals surface area contributed by atoms with E-state index in [4.69, 9.17) is 21.1 Å². The van der Waals surface area contributed by atoms with Crippen molar-refractivity contribution in [2.45, 2.75) is 20.4 Å². The topological polar surface area (TPSA) is 89.0 Å². The number of hydrazone groups is 1. The van der Waals surface area contributed by atoms with Crippen LogP contribution in [0, 0.1) is 6.92 Å². The second-order valence-corrected chi connectivity index (χ2v) is 6.24. The molecule has 0 saturated carbocycles. The highest BCUT2D eigenvalue weighted by Gasteiger charge is 2.13. The van der Waals surface area contributed by atoms with E-state index in [0.29, 0.717) is 28.7 Å². The predicted molar refractivity (Wildman–Crippen MR) is 108 cm³/mol. The van der Waals surface area contributed by atoms with E-state index in [9.17, 15) is 9.59 Å². The number of aryl methyl sites for hydroxylation is 1. The van der Waals surface area contributed by atoms with E-state index in [-0.39, 0.29) is 6.54 Å². The van der Waals surface area contributed by atoms with E-state index in [1.165, 1.54) is 13.3 Å². The SMILES string of the molecule is CCOc1cc(/C=N\NC(=O)C(=O)NCc2ccc(C)cc2)cc(Cl)c1OC. The second-order valence-electron chi connectivity index (χ2n) is 5.83. The molecule has 0 atom stereocenters. The third-order valence-electron chi connectivity index (χ3n) is 3.70. The molecule has 0 bridgehead atoms. The third-order valence-corrected chi connectivity index (χ3v) is 3.98. The fourth-order valence-corrected chi connectivity index (χ4v) is 2.60. The average Bonchev–Trinajstić information content (AvgIpc) is 2.67. The summed E-state index contributed by atoms with van der Waals surface area (Å²) in [4.78, 5) is 23.7. The number of hydrogen-bond acceptors (Lipinski definition) is 5. The van der Waals surface area contributed by atoms with Gasteiger partial charge in [0, 0.05) is 6.54 Å². The van der Waals surface area contributed by atoms with Crippen LogP contribution in [0.3, 0.4) is 0 Å². The van der Waals surface area contributed by atoms with Gasteiger partial charge in [-0.1, -0.05) is 41.4 Å². The molecule has 2 aromatic rings. The molecule has 2 aromatic carbocycles. The number of benzene rings is 2. The van der Waals surface area contributed by atoms with E-state index in [2.05, 4.69) is 15.8 Å². The molecule has 0 aliphatic heterocycles. The van der Waals surface area contributed by atoms with E-state index < -0.39 is 11.8 Å². The molecule has 0 aromatic heterocycles. The number of carbonyl (C=O) groups excluding carboxylic acids is 2. The van der Waals surface area contributed by atoms with E-state index in [1.807, 2.05) is 38.1 Å². The molecule has 0 spiro atoms. The molecule has 7 nitrogen and oxygen atoms in total. The highest BCUT2D eigenvalue weighted by Crippen LogP contribution is 2.35. The van der Waals surface area contributed by atoms with Gasteiger partial charge in [-0.25, -0.2) is 5.43 Å². The van der Waals surface area contributed by atoms with Crippen molar-refractivity contribution in [3.05, 3.63) is 58.1 Å². The molecule has 8 heteroatoms. The monoisotopic (exact) mass is 403 g/mol. The van der Waals surface area contributed by atoms with Crippen molar-refractivity contribution in [3.8, 4) is 11.5 Å². The second kappa shape index (κ2) is 10.3. The van der Waals surface area contributed by atoms with Gasteiger partial charge in [0.25, 0.3) is 0 Å². The summed E-state index contributed by atoms with van der Waals surface area (Å²) >= 11 is 6.15. The summed E-state index contributed by atoms with van der Waals surface area (Å²) in [5.41, 5.74) is 4.77. The van der Waals surface area contributed by atoms with Gasteiger partial charge >= 0.3 is 11.8 Å². The van der Waals surface area contributed by atoms with E-state index in [1.54, 1.807) is 12.1 Å². The normalized spacial score (nSPS) is 10.6. The Labute approximate surface area is 168 Å². The van der Waals surface area contributed by atoms with Crippen molar-refractivity contribution in [2.75, 3.05) is 13.7 Å². The Balaban J connectivity index is 1.93. The van der Waals surface area contributed by atoms with Gasteiger partial charge in [0.1, 0.15) is 0 Å². The van der Waals surface area contributed by atoms with Crippen LogP contribution in [-0.2, 0) is 16.1 Å². The number of ether oxygens (including phenoxy) is 2. The molecule has 2 amide bonds. The molecule has 148 valence electrons. The van der Waals surface area contributed by atoms with Crippen LogP contribution in [0.1, 0.15) is 23.6 Å². The molecule has 0 heterocycles. The summed E-state index contributed by atoms with van der Waals surface area (Å²) in [6.07, 6.45) is 1.36. The first-order valence-electron chi connectivity index (χ1n) is 8.61. The van der Waals surface area contributed by atoms with Crippen LogP contribution in [0.15, 0.2) is 41.5 Å². The molecule has 0 aliphatic rings. The van der Waals surface area contributed by atoms with Crippen LogP contribution in [0.2, 0.25) is 5.02 Å². The Morgan fingerprint density at radius 3 is 2.54 bits per heavy atom. The summed E-state index contributed by atoms with van der Waals surface area (Å²) in [6.45, 7) is 4.50. The van der Waals surface area contributed by atoms with Crippen molar-refractivity contribution >= 4 is 29.6 Å². The van der Waals surface area contributed by atoms with Crippen molar-refractivity contribution in [1.29, 1.82) is 0 Å². The Bertz CT molecular complexity index is 866. The lowest BCUT2D eigenvalue weighted by Gasteiger charge is -2.11. The zero-order chi connectivity index (χ0) is 20.5. The zero-order valence-corrected chi connectivity index (χ0v) is 16.7. The highest BCUT2D eigenvalue weighted by atomic mass is 35.5. The molecule has 0 unspecified atom stereocenters. The van der Waals surface area contributed by atoms with E-state index in [0.717, 1.165) is 11.1 Å². The summed E-state index contributed by atoms with van der Waals surface area (Å²) in [7, 11) is 1.49. The molecule has 0 radical (unpaired) electrons. The number of methoxy groups -OCH3 is 1. The predicted octanol–water partition coefficient (Wildman–Crippen LogP) is 2.82. The van der Waals surface area contributed by atoms with Gasteiger partial charge in [-0.2, -0.15) is 5.10 Å². The van der Waals surface area contributed by atoms with Crippen molar-refractivity contribution < 1.29 is 19.1 Å². The Morgan fingerprint density at radius 2 is 1.89 bits per heavy atom. The van der Waals surface area contributed by atoms with Crippen LogP contribution < -0.4 is 20.2 Å². The van der Waals surface area contributed by atoms with Crippen LogP contribution in [0.4, 0.5) is 0 Å². The number of halogens is 1. The van der Waals surface area contributed by atoms with Gasteiger partial charge in [-0.15, -0.1) is 0 Å². The number of nitrogens with zero attached hydrogens (tertiary/aromatic N) is 1. The lowest BCUT2D eigenvalue weighted by molar-refractivity contribution is -0.139. The third kappa shape index (κ3) is 5.99. The summed E-state index contributed by atoms with van der Waals surface area (Å²) in [5.74, 6) is -0.769. The Morgan fingerprint density at radius 1 is 1.18 bits per heavy atom. The molecule has 2 rings (SSSR count). The molecular formula is C20H22ClN3O4. The number of rotatable bonds is 7. The first-order chi connectivity index (χ1) is 13.4. The van der Waals surface area contributed by atoms with Crippen LogP contribution in [0.5, 0.6) is 11.5 Å². The number of amides is 2. The molecule has 0 saturated heterocycles. The first-order valence-corrected chi connectivity index (χ1v) is 8.99. The molecule has 0 fully saturated rings. The summed E-state index contributed by atoms with van der Waals surface area (Å²) in [5, 5.41) is 6.67. The first kappa shape index (κ1) is 21.2. The largest absolute Gasteiger partial charge is 0.491 e. The Kier molecular flexibility index (Phi) is 7.83. The summed E-state index contributed by atoms with van der Waals surface area (Å²) in [6, 6.07) is 10.9. The Hall–Kier alpha value is -3.06. The van der Waals surface area contributed by atoms with Gasteiger partial charge in [0.2, 0.25) is 0 Å². The van der Waals surface area contributed by atoms with Gasteiger partial charge in [-0.05, 0) is 37.1 Å². The summed E-state index contributed by atoms with van der Waals surface area (Å²) < 4.78 is 10.7. The fraction of sp³-hybridized carbons (Fsp3) is 0.250. The highest BCUT2D eigenvalue weighted by molar-refractivity contribution is 6.35. The lowest BCUT2D eigenvalue weighted by Crippen LogP contribution is -2.37. The smallest absolute Gasteiger partial charge is 0.329 e. The van der Waals surface area contributed by atoms with Crippen LogP contribution in [0.25, 0.3) is 0 Å². The van der Waals surface area contributed by atoms with Gasteiger partial charge in [-0.3, -0.25) is 9.59 Å². The molecule has 2 N–H and O–H groups in total. The maximum Gasteiger partial charge on any atom is 0.329 e. The van der Waals surface area contributed by atoms with Crippen LogP contribution in [-0.4, -0.2) is 31.7 Å². The molecule has 0 aliphatic carbocycles. The standard InChI is InChI=1S/C20H22ClN3O4/c1-4-28-17-10-15(9-16(21)18(17)27-3)12-23-24-20(26)19(25)22-11-14-7-5-13(2)6-8-14/h5-10,12H,4,11H2,1-3H3,(H,22,25)(H,24,26)/b23-12-. The molecular weight excluding hydrogens is 382 g/mol. The zero-order valence-electron chi connectivity index (χ0n) is 15.9. The van der Waals surface area contributed by atoms with Crippen LogP contribution >= 0.6 is 11.6 Å². The van der Waals surface area contributed by atoms with Gasteiger partial charge in [0.05, 0.1) is 25.0 Å². The average molecular weight is 404 g/mol. The fourth-order valence-electron chi connectivity index (χ4n) is 2.31. The maximum atomic E-state index is 11.8. The lowest BCUT2D eigenvalue weighted by atomic mass is 10.1. The quantitative estimate of drug-likeness (QED) is 0.422. The minimum absolute atomic E-state index is 0.252.